The van der Waals surface area contributed by atoms with E-state index in [2.05, 4.69) is 10.6 Å². The molecule has 24 heavy (non-hydrogen) atoms. The number of nitrogens with one attached hydrogen (secondary N) is 2. The second kappa shape index (κ2) is 6.07. The Morgan fingerprint density at radius 2 is 1.92 bits per heavy atom. The molecule has 1 amide bonds. The van der Waals surface area contributed by atoms with E-state index in [0.717, 1.165) is 29.7 Å². The fraction of sp³-hybridized carbons (Fsp3) is 0.316. The molecule has 0 radical (unpaired) electrons. The summed E-state index contributed by atoms with van der Waals surface area (Å²) >= 11 is 12.2. The molecular formula is C19H18Cl2N2O. The molecule has 1 aliphatic heterocycles. The van der Waals surface area contributed by atoms with Crippen LogP contribution in [0.5, 0.6) is 0 Å². The second-order valence-electron chi connectivity index (χ2n) is 6.63. The zero-order valence-electron chi connectivity index (χ0n) is 13.1. The van der Waals surface area contributed by atoms with Gasteiger partial charge in [0.15, 0.2) is 0 Å². The number of carbonyl (C=O) groups excluding carboxylic acids is 1. The van der Waals surface area contributed by atoms with E-state index in [4.69, 9.17) is 23.2 Å². The van der Waals surface area contributed by atoms with Gasteiger partial charge >= 0.3 is 0 Å². The zero-order valence-corrected chi connectivity index (χ0v) is 14.6. The number of rotatable bonds is 4. The SMILES string of the molecule is O=C1Nc2cc(Cl)ccc2[C@]1(Cc1cccc(Cl)c1)NC1CCC1. The van der Waals surface area contributed by atoms with E-state index >= 15 is 0 Å². The lowest BCUT2D eigenvalue weighted by molar-refractivity contribution is -0.122. The predicted octanol–water partition coefficient (Wildman–Crippen LogP) is 4.53. The molecule has 1 heterocycles. The van der Waals surface area contributed by atoms with Crippen LogP contribution in [0, 0.1) is 0 Å². The minimum absolute atomic E-state index is 0.0216. The van der Waals surface area contributed by atoms with Crippen molar-refractivity contribution in [2.75, 3.05) is 5.32 Å². The van der Waals surface area contributed by atoms with Crippen molar-refractivity contribution < 1.29 is 4.79 Å². The van der Waals surface area contributed by atoms with Crippen LogP contribution in [0.15, 0.2) is 42.5 Å². The fourth-order valence-electron chi connectivity index (χ4n) is 3.57. The van der Waals surface area contributed by atoms with E-state index in [1.54, 1.807) is 0 Å². The highest BCUT2D eigenvalue weighted by Crippen LogP contribution is 2.41. The Morgan fingerprint density at radius 3 is 2.62 bits per heavy atom. The lowest BCUT2D eigenvalue weighted by Crippen LogP contribution is -2.55. The van der Waals surface area contributed by atoms with E-state index in [9.17, 15) is 4.79 Å². The van der Waals surface area contributed by atoms with Crippen molar-refractivity contribution in [3.8, 4) is 0 Å². The van der Waals surface area contributed by atoms with Crippen LogP contribution in [0.25, 0.3) is 0 Å². The Hall–Kier alpha value is -1.55. The molecule has 2 aromatic carbocycles. The molecule has 2 N–H and O–H groups in total. The third kappa shape index (κ3) is 2.71. The van der Waals surface area contributed by atoms with Crippen molar-refractivity contribution >= 4 is 34.8 Å². The minimum Gasteiger partial charge on any atom is -0.324 e. The maximum Gasteiger partial charge on any atom is 0.249 e. The summed E-state index contributed by atoms with van der Waals surface area (Å²) in [5, 5.41) is 7.93. The molecule has 0 saturated heterocycles. The largest absolute Gasteiger partial charge is 0.324 e. The van der Waals surface area contributed by atoms with Crippen LogP contribution in [0.4, 0.5) is 5.69 Å². The molecule has 3 nitrogen and oxygen atoms in total. The summed E-state index contributed by atoms with van der Waals surface area (Å²) < 4.78 is 0. The van der Waals surface area contributed by atoms with Crippen molar-refractivity contribution in [3.05, 3.63) is 63.6 Å². The fourth-order valence-corrected chi connectivity index (χ4v) is 3.95. The number of fused-ring (bicyclic) bond motifs is 1. The first-order valence-corrected chi connectivity index (χ1v) is 8.96. The molecule has 1 aliphatic carbocycles. The number of anilines is 1. The molecule has 4 rings (SSSR count). The quantitative estimate of drug-likeness (QED) is 0.840. The summed E-state index contributed by atoms with van der Waals surface area (Å²) in [4.78, 5) is 13.0. The van der Waals surface area contributed by atoms with Crippen molar-refractivity contribution in [3.63, 3.8) is 0 Å². The van der Waals surface area contributed by atoms with Gasteiger partial charge in [0.05, 0.1) is 0 Å². The average molecular weight is 361 g/mol. The van der Waals surface area contributed by atoms with Gasteiger partial charge < -0.3 is 5.32 Å². The molecule has 0 unspecified atom stereocenters. The summed E-state index contributed by atoms with van der Waals surface area (Å²) in [6, 6.07) is 13.7. The van der Waals surface area contributed by atoms with Gasteiger partial charge in [-0.15, -0.1) is 0 Å². The maximum atomic E-state index is 13.0. The van der Waals surface area contributed by atoms with Gasteiger partial charge in [0, 0.05) is 33.8 Å². The molecule has 1 saturated carbocycles. The van der Waals surface area contributed by atoms with Gasteiger partial charge in [-0.2, -0.15) is 0 Å². The molecular weight excluding hydrogens is 343 g/mol. The molecule has 0 bridgehead atoms. The summed E-state index contributed by atoms with van der Waals surface area (Å²) in [5.74, 6) is -0.0216. The molecule has 1 atom stereocenters. The average Bonchev–Trinajstić information content (AvgIpc) is 2.75. The van der Waals surface area contributed by atoms with Crippen LogP contribution in [0.3, 0.4) is 0 Å². The second-order valence-corrected chi connectivity index (χ2v) is 7.50. The number of amides is 1. The number of carbonyl (C=O) groups is 1. The Bertz CT molecular complexity index is 804. The lowest BCUT2D eigenvalue weighted by Gasteiger charge is -2.37. The maximum absolute atomic E-state index is 13.0. The highest BCUT2D eigenvalue weighted by molar-refractivity contribution is 6.31. The van der Waals surface area contributed by atoms with Crippen molar-refractivity contribution in [2.45, 2.75) is 37.3 Å². The van der Waals surface area contributed by atoms with Gasteiger partial charge in [-0.25, -0.2) is 0 Å². The first kappa shape index (κ1) is 15.9. The Morgan fingerprint density at radius 1 is 1.12 bits per heavy atom. The van der Waals surface area contributed by atoms with E-state index in [-0.39, 0.29) is 5.91 Å². The van der Waals surface area contributed by atoms with Gasteiger partial charge in [0.2, 0.25) is 5.91 Å². The Balaban J connectivity index is 1.78. The Labute approximate surface area is 151 Å². The highest BCUT2D eigenvalue weighted by Gasteiger charge is 2.48. The molecule has 2 aromatic rings. The Kier molecular flexibility index (Phi) is 4.03. The molecule has 0 aromatic heterocycles. The van der Waals surface area contributed by atoms with Gasteiger partial charge in [0.25, 0.3) is 0 Å². The highest BCUT2D eigenvalue weighted by atomic mass is 35.5. The summed E-state index contributed by atoms with van der Waals surface area (Å²) in [5.41, 5.74) is 2.02. The zero-order chi connectivity index (χ0) is 16.7. The van der Waals surface area contributed by atoms with Crippen LogP contribution < -0.4 is 10.6 Å². The van der Waals surface area contributed by atoms with Crippen LogP contribution in [0.1, 0.15) is 30.4 Å². The first-order chi connectivity index (χ1) is 11.6. The number of hydrogen-bond donors (Lipinski definition) is 2. The van der Waals surface area contributed by atoms with Gasteiger partial charge in [-0.05, 0) is 42.7 Å². The van der Waals surface area contributed by atoms with Crippen molar-refractivity contribution in [1.82, 2.24) is 5.32 Å². The standard InChI is InChI=1S/C19H18Cl2N2O/c20-13-4-1-3-12(9-13)11-19(23-15-5-2-6-15)16-8-7-14(21)10-17(16)22-18(19)24/h1,3-4,7-10,15,23H,2,5-6,11H2,(H,22,24)/t19-/m0/s1. The third-order valence-corrected chi connectivity index (χ3v) is 5.46. The minimum atomic E-state index is -0.768. The van der Waals surface area contributed by atoms with Gasteiger partial charge in [-0.1, -0.05) is 47.8 Å². The molecule has 124 valence electrons. The normalized spacial score (nSPS) is 22.8. The third-order valence-electron chi connectivity index (χ3n) is 4.99. The molecule has 2 aliphatic rings. The molecule has 0 spiro atoms. The van der Waals surface area contributed by atoms with E-state index in [1.807, 2.05) is 42.5 Å². The summed E-state index contributed by atoms with van der Waals surface area (Å²) in [6.07, 6.45) is 3.98. The monoisotopic (exact) mass is 360 g/mol. The summed E-state index contributed by atoms with van der Waals surface area (Å²) in [6.45, 7) is 0. The van der Waals surface area contributed by atoms with Crippen molar-refractivity contribution in [2.24, 2.45) is 0 Å². The number of hydrogen-bond acceptors (Lipinski definition) is 2. The van der Waals surface area contributed by atoms with Gasteiger partial charge in [-0.3, -0.25) is 10.1 Å². The smallest absolute Gasteiger partial charge is 0.249 e. The summed E-state index contributed by atoms with van der Waals surface area (Å²) in [7, 11) is 0. The lowest BCUT2D eigenvalue weighted by atomic mass is 9.81. The first-order valence-electron chi connectivity index (χ1n) is 8.20. The van der Waals surface area contributed by atoms with Crippen molar-refractivity contribution in [1.29, 1.82) is 0 Å². The van der Waals surface area contributed by atoms with Crippen LogP contribution >= 0.6 is 23.2 Å². The number of halogens is 2. The topological polar surface area (TPSA) is 41.1 Å². The van der Waals surface area contributed by atoms with E-state index < -0.39 is 5.54 Å². The van der Waals surface area contributed by atoms with E-state index in [0.29, 0.717) is 22.5 Å². The van der Waals surface area contributed by atoms with Crippen LogP contribution in [0.2, 0.25) is 10.0 Å². The van der Waals surface area contributed by atoms with Crippen LogP contribution in [-0.4, -0.2) is 11.9 Å². The van der Waals surface area contributed by atoms with E-state index in [1.165, 1.54) is 6.42 Å². The van der Waals surface area contributed by atoms with Crippen LogP contribution in [-0.2, 0) is 16.8 Å². The molecule has 5 heteroatoms. The predicted molar refractivity (Wildman–Crippen MR) is 97.7 cm³/mol. The number of benzene rings is 2. The molecule has 1 fully saturated rings. The van der Waals surface area contributed by atoms with Gasteiger partial charge in [0.1, 0.15) is 5.54 Å².